The fraction of sp³-hybridized carbons (Fsp3) is 0.545. The number of ketones is 3. The van der Waals surface area contributed by atoms with Crippen LogP contribution in [0, 0.1) is 48.3 Å². The van der Waals surface area contributed by atoms with Crippen molar-refractivity contribution in [3.8, 4) is 0 Å². The summed E-state index contributed by atoms with van der Waals surface area (Å²) in [5.74, 6) is 0.656. The quantitative estimate of drug-likeness (QED) is 0.370. The van der Waals surface area contributed by atoms with E-state index in [-0.39, 0.29) is 29.5 Å². The fourth-order valence-electron chi connectivity index (χ4n) is 6.67. The molecule has 36 heavy (non-hydrogen) atoms. The smallest absolute Gasteiger partial charge is 0.229 e. The van der Waals surface area contributed by atoms with Crippen molar-refractivity contribution in [2.75, 3.05) is 0 Å². The van der Waals surface area contributed by atoms with Gasteiger partial charge in [0.05, 0.1) is 0 Å². The van der Waals surface area contributed by atoms with E-state index in [0.717, 1.165) is 36.8 Å². The highest BCUT2D eigenvalue weighted by molar-refractivity contribution is 6.45. The van der Waals surface area contributed by atoms with Crippen molar-refractivity contribution >= 4 is 17.3 Å². The van der Waals surface area contributed by atoms with E-state index in [0.29, 0.717) is 35.5 Å². The average Bonchev–Trinajstić information content (AvgIpc) is 3.26. The van der Waals surface area contributed by atoms with Crippen LogP contribution in [-0.2, 0) is 20.8 Å². The number of hydrogen-bond acceptors (Lipinski definition) is 3. The van der Waals surface area contributed by atoms with Crippen LogP contribution in [-0.4, -0.2) is 17.3 Å². The fourth-order valence-corrected chi connectivity index (χ4v) is 6.67. The van der Waals surface area contributed by atoms with E-state index in [1.54, 1.807) is 13.8 Å². The Morgan fingerprint density at radius 2 is 1.78 bits per heavy atom. The summed E-state index contributed by atoms with van der Waals surface area (Å²) in [6, 6.07) is 8.80. The van der Waals surface area contributed by atoms with E-state index < -0.39 is 5.78 Å². The van der Waals surface area contributed by atoms with Gasteiger partial charge in [0, 0.05) is 23.3 Å². The topological polar surface area (TPSA) is 51.2 Å². The van der Waals surface area contributed by atoms with E-state index in [9.17, 15) is 14.4 Å². The summed E-state index contributed by atoms with van der Waals surface area (Å²) in [5.41, 5.74) is 5.15. The maximum absolute atomic E-state index is 14.1. The van der Waals surface area contributed by atoms with Gasteiger partial charge in [-0.15, -0.1) is 0 Å². The first kappa shape index (κ1) is 26.5. The maximum Gasteiger partial charge on any atom is 0.229 e. The Bertz CT molecular complexity index is 1130. The highest BCUT2D eigenvalue weighted by Gasteiger charge is 2.42. The van der Waals surface area contributed by atoms with Gasteiger partial charge >= 0.3 is 0 Å². The van der Waals surface area contributed by atoms with Crippen molar-refractivity contribution in [2.45, 2.75) is 73.6 Å². The molecule has 0 heterocycles. The summed E-state index contributed by atoms with van der Waals surface area (Å²) >= 11 is 0. The van der Waals surface area contributed by atoms with Gasteiger partial charge in [-0.3, -0.25) is 14.4 Å². The van der Waals surface area contributed by atoms with E-state index in [1.807, 2.05) is 12.2 Å². The molecule has 4 rings (SSSR count). The van der Waals surface area contributed by atoms with Crippen LogP contribution < -0.4 is 0 Å². The van der Waals surface area contributed by atoms with Crippen LogP contribution in [0.2, 0.25) is 0 Å². The van der Waals surface area contributed by atoms with Crippen molar-refractivity contribution in [3.05, 3.63) is 70.3 Å². The van der Waals surface area contributed by atoms with Gasteiger partial charge in [-0.05, 0) is 79.4 Å². The van der Waals surface area contributed by atoms with E-state index in [2.05, 4.69) is 58.0 Å². The van der Waals surface area contributed by atoms with Gasteiger partial charge in [-0.1, -0.05) is 82.7 Å². The minimum absolute atomic E-state index is 0.0430. The number of allylic oxidation sites excluding steroid dienone is 6. The first-order valence-electron chi connectivity index (χ1n) is 13.9. The number of rotatable bonds is 8. The van der Waals surface area contributed by atoms with Crippen molar-refractivity contribution in [2.24, 2.45) is 41.4 Å². The molecular formula is C33H42O3. The lowest BCUT2D eigenvalue weighted by molar-refractivity contribution is -0.136. The number of carbonyl (C=O) groups excluding carboxylic acids is 3. The second-order valence-corrected chi connectivity index (χ2v) is 11.9. The van der Waals surface area contributed by atoms with Crippen molar-refractivity contribution in [3.63, 3.8) is 0 Å². The lowest BCUT2D eigenvalue weighted by atomic mass is 9.63. The molecule has 0 radical (unpaired) electrons. The summed E-state index contributed by atoms with van der Waals surface area (Å²) in [6.07, 6.45) is 10.8. The summed E-state index contributed by atoms with van der Waals surface area (Å²) in [6.45, 7) is 12.4. The van der Waals surface area contributed by atoms with Gasteiger partial charge < -0.3 is 0 Å². The maximum atomic E-state index is 14.1. The third kappa shape index (κ3) is 5.26. The highest BCUT2D eigenvalue weighted by Crippen LogP contribution is 2.45. The van der Waals surface area contributed by atoms with Gasteiger partial charge in [-0.25, -0.2) is 0 Å². The van der Waals surface area contributed by atoms with E-state index >= 15 is 0 Å². The molecule has 1 saturated carbocycles. The molecule has 0 N–H and O–H groups in total. The standard InChI is InChI=1S/C33H42O3/c1-7-24-17-25-11-12-27(33(36)31(34)19(2)3)29(25)18-30(24)32(35)28-15-21(5)26(14-22(28)6)16-23-10-8-9-20(4)13-23/h8-10,12-13,17-19,21-22,24,26,28,30H,7,11,14-16H2,1-6H3/t21-,22?,24?,26?,28?,30?/m1/s1. The average molecular weight is 487 g/mol. The largest absolute Gasteiger partial charge is 0.299 e. The van der Waals surface area contributed by atoms with Crippen LogP contribution in [0.1, 0.15) is 71.4 Å². The molecule has 3 nitrogen and oxygen atoms in total. The Balaban J connectivity index is 1.52. The number of aryl methyl sites for hydroxylation is 1. The van der Waals surface area contributed by atoms with Crippen LogP contribution in [0.5, 0.6) is 0 Å². The third-order valence-corrected chi connectivity index (χ3v) is 8.92. The molecule has 3 heteroatoms. The molecule has 0 aromatic heterocycles. The Kier molecular flexibility index (Phi) is 7.97. The predicted molar refractivity (Wildman–Crippen MR) is 145 cm³/mol. The van der Waals surface area contributed by atoms with Crippen LogP contribution in [0.4, 0.5) is 0 Å². The molecule has 0 saturated heterocycles. The summed E-state index contributed by atoms with van der Waals surface area (Å²) in [7, 11) is 0. The zero-order valence-electron chi connectivity index (χ0n) is 22.8. The van der Waals surface area contributed by atoms with Gasteiger partial charge in [0.15, 0.2) is 0 Å². The minimum Gasteiger partial charge on any atom is -0.299 e. The second-order valence-electron chi connectivity index (χ2n) is 11.9. The number of fused-ring (bicyclic) bond motifs is 1. The summed E-state index contributed by atoms with van der Waals surface area (Å²) in [4.78, 5) is 39.4. The van der Waals surface area contributed by atoms with Gasteiger partial charge in [0.1, 0.15) is 5.78 Å². The molecule has 192 valence electrons. The molecule has 3 aliphatic rings. The number of carbonyl (C=O) groups is 3. The van der Waals surface area contributed by atoms with Crippen molar-refractivity contribution in [1.29, 1.82) is 0 Å². The van der Waals surface area contributed by atoms with Gasteiger partial charge in [0.2, 0.25) is 11.6 Å². The van der Waals surface area contributed by atoms with Crippen molar-refractivity contribution < 1.29 is 14.4 Å². The Hall–Kier alpha value is -2.55. The number of hydrogen-bond donors (Lipinski definition) is 0. The van der Waals surface area contributed by atoms with Crippen LogP contribution in [0.25, 0.3) is 0 Å². The Labute approximate surface area is 217 Å². The molecule has 6 atom stereocenters. The molecule has 0 bridgehead atoms. The SMILES string of the molecule is CCC1C=C2CC=C(C(=O)C(=O)C(C)C)C2=CC1C(=O)C1C[C@@H](C)C(Cc2cccc(C)c2)CC1C. The molecule has 1 fully saturated rings. The molecule has 0 spiro atoms. The second kappa shape index (κ2) is 10.8. The van der Waals surface area contributed by atoms with Crippen LogP contribution >= 0.6 is 0 Å². The van der Waals surface area contributed by atoms with Crippen LogP contribution in [0.15, 0.2) is 59.2 Å². The lowest BCUT2D eigenvalue weighted by Gasteiger charge is -2.40. The van der Waals surface area contributed by atoms with Gasteiger partial charge in [-0.2, -0.15) is 0 Å². The van der Waals surface area contributed by atoms with Crippen LogP contribution in [0.3, 0.4) is 0 Å². The zero-order valence-corrected chi connectivity index (χ0v) is 22.8. The third-order valence-electron chi connectivity index (χ3n) is 8.92. The lowest BCUT2D eigenvalue weighted by Crippen LogP contribution is -2.39. The van der Waals surface area contributed by atoms with Crippen molar-refractivity contribution in [1.82, 2.24) is 0 Å². The monoisotopic (exact) mass is 486 g/mol. The minimum atomic E-state index is -0.403. The molecular weight excluding hydrogens is 444 g/mol. The van der Waals surface area contributed by atoms with Gasteiger partial charge in [0.25, 0.3) is 0 Å². The van der Waals surface area contributed by atoms with E-state index in [1.165, 1.54) is 11.1 Å². The summed E-state index contributed by atoms with van der Waals surface area (Å²) < 4.78 is 0. The molecule has 0 amide bonds. The first-order valence-corrected chi connectivity index (χ1v) is 13.9. The van der Waals surface area contributed by atoms with E-state index in [4.69, 9.17) is 0 Å². The first-order chi connectivity index (χ1) is 17.1. The Morgan fingerprint density at radius 3 is 2.44 bits per heavy atom. The zero-order chi connectivity index (χ0) is 26.1. The number of benzene rings is 1. The molecule has 0 aliphatic heterocycles. The molecule has 1 aromatic carbocycles. The Morgan fingerprint density at radius 1 is 1.03 bits per heavy atom. The molecule has 1 aromatic rings. The molecule has 5 unspecified atom stereocenters. The predicted octanol–water partition coefficient (Wildman–Crippen LogP) is 7.04. The normalized spacial score (nSPS) is 29.8. The molecule has 3 aliphatic carbocycles. The summed E-state index contributed by atoms with van der Waals surface area (Å²) in [5, 5.41) is 0. The highest BCUT2D eigenvalue weighted by atomic mass is 16.2. The number of Topliss-reactive ketones (excluding diaryl/α,β-unsaturated/α-hetero) is 3.